The Labute approximate surface area is 100 Å². The second-order valence-corrected chi connectivity index (χ2v) is 6.14. The van der Waals surface area contributed by atoms with Crippen LogP contribution in [0, 0.1) is 11.3 Å². The standard InChI is InChI=1S/C14H27NO/c1-14(2,3)13(16)11-15-10-6-9-12-7-4-5-8-12/h12,15H,4-11H2,1-3H3. The van der Waals surface area contributed by atoms with Crippen molar-refractivity contribution in [3.8, 4) is 0 Å². The molecule has 0 aromatic carbocycles. The van der Waals surface area contributed by atoms with Gasteiger partial charge in [0.25, 0.3) is 0 Å². The van der Waals surface area contributed by atoms with Gasteiger partial charge in [-0.2, -0.15) is 0 Å². The van der Waals surface area contributed by atoms with Crippen molar-refractivity contribution in [2.75, 3.05) is 13.1 Å². The number of ketones is 1. The summed E-state index contributed by atoms with van der Waals surface area (Å²) in [6.07, 6.45) is 8.29. The molecule has 1 N–H and O–H groups in total. The molecular formula is C14H27NO. The molecule has 0 aromatic rings. The van der Waals surface area contributed by atoms with Crippen LogP contribution in [0.3, 0.4) is 0 Å². The molecule has 1 fully saturated rings. The lowest BCUT2D eigenvalue weighted by atomic mass is 9.91. The number of nitrogens with one attached hydrogen (secondary N) is 1. The third-order valence-corrected chi connectivity index (χ3v) is 3.56. The van der Waals surface area contributed by atoms with Crippen molar-refractivity contribution in [3.63, 3.8) is 0 Å². The van der Waals surface area contributed by atoms with Gasteiger partial charge in [-0.25, -0.2) is 0 Å². The molecule has 0 spiro atoms. The van der Waals surface area contributed by atoms with E-state index in [-0.39, 0.29) is 5.41 Å². The van der Waals surface area contributed by atoms with E-state index in [1.165, 1.54) is 38.5 Å². The first-order valence-electron chi connectivity index (χ1n) is 6.74. The topological polar surface area (TPSA) is 29.1 Å². The molecule has 0 aliphatic heterocycles. The van der Waals surface area contributed by atoms with Crippen LogP contribution in [0.25, 0.3) is 0 Å². The second kappa shape index (κ2) is 6.39. The molecule has 0 saturated heterocycles. The normalized spacial score (nSPS) is 17.9. The van der Waals surface area contributed by atoms with Gasteiger partial charge >= 0.3 is 0 Å². The van der Waals surface area contributed by atoms with E-state index in [1.807, 2.05) is 20.8 Å². The lowest BCUT2D eigenvalue weighted by Gasteiger charge is -2.17. The molecule has 94 valence electrons. The molecule has 1 rings (SSSR count). The van der Waals surface area contributed by atoms with Gasteiger partial charge in [0.1, 0.15) is 0 Å². The highest BCUT2D eigenvalue weighted by molar-refractivity contribution is 5.85. The minimum Gasteiger partial charge on any atom is -0.310 e. The summed E-state index contributed by atoms with van der Waals surface area (Å²) < 4.78 is 0. The Morgan fingerprint density at radius 1 is 1.25 bits per heavy atom. The summed E-state index contributed by atoms with van der Waals surface area (Å²) in [6, 6.07) is 0. The van der Waals surface area contributed by atoms with Crippen molar-refractivity contribution in [1.82, 2.24) is 5.32 Å². The zero-order valence-corrected chi connectivity index (χ0v) is 11.1. The molecule has 1 aliphatic rings. The summed E-state index contributed by atoms with van der Waals surface area (Å²) in [5.74, 6) is 1.29. The molecule has 0 aromatic heterocycles. The van der Waals surface area contributed by atoms with Crippen LogP contribution in [0.2, 0.25) is 0 Å². The lowest BCUT2D eigenvalue weighted by molar-refractivity contribution is -0.125. The van der Waals surface area contributed by atoms with Crippen LogP contribution in [0.4, 0.5) is 0 Å². The van der Waals surface area contributed by atoms with Crippen molar-refractivity contribution in [3.05, 3.63) is 0 Å². The summed E-state index contributed by atoms with van der Waals surface area (Å²) in [6.45, 7) is 7.48. The summed E-state index contributed by atoms with van der Waals surface area (Å²) in [5.41, 5.74) is -0.196. The number of carbonyl (C=O) groups excluding carboxylic acids is 1. The molecule has 0 bridgehead atoms. The van der Waals surface area contributed by atoms with Crippen molar-refractivity contribution < 1.29 is 4.79 Å². The first-order chi connectivity index (χ1) is 7.50. The first kappa shape index (κ1) is 13.7. The Morgan fingerprint density at radius 2 is 1.88 bits per heavy atom. The van der Waals surface area contributed by atoms with Gasteiger partial charge in [-0.05, 0) is 25.3 Å². The maximum atomic E-state index is 11.6. The van der Waals surface area contributed by atoms with Crippen LogP contribution in [-0.4, -0.2) is 18.9 Å². The Hall–Kier alpha value is -0.370. The van der Waals surface area contributed by atoms with E-state index in [2.05, 4.69) is 5.32 Å². The van der Waals surface area contributed by atoms with Crippen LogP contribution < -0.4 is 5.32 Å². The highest BCUT2D eigenvalue weighted by atomic mass is 16.1. The van der Waals surface area contributed by atoms with E-state index < -0.39 is 0 Å². The Balaban J connectivity index is 1.97. The highest BCUT2D eigenvalue weighted by Crippen LogP contribution is 2.28. The van der Waals surface area contributed by atoms with Gasteiger partial charge in [0, 0.05) is 5.41 Å². The van der Waals surface area contributed by atoms with Crippen molar-refractivity contribution >= 4 is 5.78 Å². The molecule has 0 atom stereocenters. The SMILES string of the molecule is CC(C)(C)C(=O)CNCCCC1CCCC1. The fourth-order valence-corrected chi connectivity index (χ4v) is 2.28. The second-order valence-electron chi connectivity index (χ2n) is 6.14. The van der Waals surface area contributed by atoms with Crippen molar-refractivity contribution in [2.45, 2.75) is 59.3 Å². The third-order valence-electron chi connectivity index (χ3n) is 3.56. The zero-order valence-electron chi connectivity index (χ0n) is 11.1. The number of carbonyl (C=O) groups is 1. The molecule has 16 heavy (non-hydrogen) atoms. The summed E-state index contributed by atoms with van der Waals surface area (Å²) in [7, 11) is 0. The van der Waals surface area contributed by atoms with Crippen LogP contribution in [0.1, 0.15) is 59.3 Å². The zero-order chi connectivity index (χ0) is 12.0. The van der Waals surface area contributed by atoms with Crippen LogP contribution in [-0.2, 0) is 4.79 Å². The average Bonchev–Trinajstić information content (AvgIpc) is 2.68. The Bertz CT molecular complexity index is 211. The average molecular weight is 225 g/mol. The van der Waals surface area contributed by atoms with E-state index in [1.54, 1.807) is 0 Å². The summed E-state index contributed by atoms with van der Waals surface area (Å²) in [5, 5.41) is 3.27. The van der Waals surface area contributed by atoms with Gasteiger partial charge in [0.05, 0.1) is 6.54 Å². The molecule has 2 heteroatoms. The molecule has 1 aliphatic carbocycles. The fourth-order valence-electron chi connectivity index (χ4n) is 2.28. The van der Waals surface area contributed by atoms with Gasteiger partial charge in [-0.1, -0.05) is 46.5 Å². The molecule has 1 saturated carbocycles. The van der Waals surface area contributed by atoms with Crippen LogP contribution in [0.15, 0.2) is 0 Å². The minimum absolute atomic E-state index is 0.196. The van der Waals surface area contributed by atoms with Gasteiger partial charge in [-0.15, -0.1) is 0 Å². The van der Waals surface area contributed by atoms with E-state index in [0.29, 0.717) is 12.3 Å². The van der Waals surface area contributed by atoms with Crippen LogP contribution >= 0.6 is 0 Å². The predicted molar refractivity (Wildman–Crippen MR) is 68.5 cm³/mol. The molecule has 0 amide bonds. The van der Waals surface area contributed by atoms with Crippen molar-refractivity contribution in [2.24, 2.45) is 11.3 Å². The van der Waals surface area contributed by atoms with Gasteiger partial charge in [0.2, 0.25) is 0 Å². The Kier molecular flexibility index (Phi) is 5.47. The van der Waals surface area contributed by atoms with Crippen molar-refractivity contribution in [1.29, 1.82) is 0 Å². The smallest absolute Gasteiger partial charge is 0.151 e. The van der Waals surface area contributed by atoms with E-state index >= 15 is 0 Å². The molecular weight excluding hydrogens is 198 g/mol. The van der Waals surface area contributed by atoms with Crippen LogP contribution in [0.5, 0.6) is 0 Å². The molecule has 0 radical (unpaired) electrons. The van der Waals surface area contributed by atoms with Gasteiger partial charge < -0.3 is 5.32 Å². The summed E-state index contributed by atoms with van der Waals surface area (Å²) >= 11 is 0. The Morgan fingerprint density at radius 3 is 2.44 bits per heavy atom. The summed E-state index contributed by atoms with van der Waals surface area (Å²) in [4.78, 5) is 11.6. The molecule has 0 unspecified atom stereocenters. The minimum atomic E-state index is -0.196. The first-order valence-corrected chi connectivity index (χ1v) is 6.74. The number of Topliss-reactive ketones (excluding diaryl/α,β-unsaturated/α-hetero) is 1. The lowest BCUT2D eigenvalue weighted by Crippen LogP contribution is -2.32. The van der Waals surface area contributed by atoms with Gasteiger partial charge in [-0.3, -0.25) is 4.79 Å². The fraction of sp³-hybridized carbons (Fsp3) is 0.929. The number of rotatable bonds is 6. The molecule has 0 heterocycles. The van der Waals surface area contributed by atoms with Gasteiger partial charge in [0.15, 0.2) is 5.78 Å². The maximum absolute atomic E-state index is 11.6. The number of hydrogen-bond acceptors (Lipinski definition) is 2. The number of hydrogen-bond donors (Lipinski definition) is 1. The highest BCUT2D eigenvalue weighted by Gasteiger charge is 2.20. The predicted octanol–water partition coefficient (Wildman–Crippen LogP) is 3.16. The molecule has 2 nitrogen and oxygen atoms in total. The third kappa shape index (κ3) is 5.11. The monoisotopic (exact) mass is 225 g/mol. The largest absolute Gasteiger partial charge is 0.310 e. The maximum Gasteiger partial charge on any atom is 0.151 e. The quantitative estimate of drug-likeness (QED) is 0.704. The van der Waals surface area contributed by atoms with E-state index in [9.17, 15) is 4.79 Å². The van der Waals surface area contributed by atoms with E-state index in [4.69, 9.17) is 0 Å². The van der Waals surface area contributed by atoms with E-state index in [0.717, 1.165) is 12.5 Å².